The van der Waals surface area contributed by atoms with Gasteiger partial charge in [-0.3, -0.25) is 0 Å². The van der Waals surface area contributed by atoms with E-state index in [-0.39, 0.29) is 5.41 Å². The number of allylic oxidation sites excluding steroid dienone is 2. The van der Waals surface area contributed by atoms with Gasteiger partial charge in [-0.1, -0.05) is 6.08 Å². The SMILES string of the molecule is CC1=CC(C)(C=O)CS1. The molecule has 2 heteroatoms. The van der Waals surface area contributed by atoms with Crippen molar-refractivity contribution in [1.29, 1.82) is 0 Å². The molecule has 0 spiro atoms. The highest BCUT2D eigenvalue weighted by Crippen LogP contribution is 2.35. The number of carbonyl (C=O) groups is 1. The van der Waals surface area contributed by atoms with E-state index >= 15 is 0 Å². The molecule has 0 aliphatic carbocycles. The highest BCUT2D eigenvalue weighted by Gasteiger charge is 2.25. The number of hydrogen-bond donors (Lipinski definition) is 0. The minimum atomic E-state index is -0.172. The summed E-state index contributed by atoms with van der Waals surface area (Å²) < 4.78 is 0. The maximum absolute atomic E-state index is 10.4. The molecule has 0 bridgehead atoms. The van der Waals surface area contributed by atoms with Crippen molar-refractivity contribution in [3.63, 3.8) is 0 Å². The lowest BCUT2D eigenvalue weighted by atomic mass is 9.96. The normalized spacial score (nSPS) is 34.2. The van der Waals surface area contributed by atoms with E-state index in [0.717, 1.165) is 12.0 Å². The van der Waals surface area contributed by atoms with Crippen molar-refractivity contribution < 1.29 is 4.79 Å². The summed E-state index contributed by atoms with van der Waals surface area (Å²) in [5.41, 5.74) is -0.172. The summed E-state index contributed by atoms with van der Waals surface area (Å²) in [6.07, 6.45) is 3.06. The molecule has 0 N–H and O–H groups in total. The predicted molar refractivity (Wildman–Crippen MR) is 40.4 cm³/mol. The lowest BCUT2D eigenvalue weighted by Gasteiger charge is -2.08. The van der Waals surface area contributed by atoms with Crippen molar-refractivity contribution >= 4 is 18.0 Å². The van der Waals surface area contributed by atoms with Gasteiger partial charge in [0, 0.05) is 5.75 Å². The second kappa shape index (κ2) is 2.18. The molecule has 0 saturated heterocycles. The van der Waals surface area contributed by atoms with Crippen LogP contribution in [-0.2, 0) is 4.79 Å². The van der Waals surface area contributed by atoms with Gasteiger partial charge >= 0.3 is 0 Å². The van der Waals surface area contributed by atoms with Crippen LogP contribution < -0.4 is 0 Å². The van der Waals surface area contributed by atoms with Crippen LogP contribution in [0.3, 0.4) is 0 Å². The summed E-state index contributed by atoms with van der Waals surface area (Å²) in [6.45, 7) is 4.00. The molecule has 1 rings (SSSR count). The summed E-state index contributed by atoms with van der Waals surface area (Å²) in [5, 5.41) is 0. The molecule has 1 aliphatic rings. The zero-order valence-corrected chi connectivity index (χ0v) is 6.49. The molecule has 9 heavy (non-hydrogen) atoms. The van der Waals surface area contributed by atoms with Gasteiger partial charge in [0.1, 0.15) is 6.29 Å². The average molecular weight is 142 g/mol. The molecule has 0 radical (unpaired) electrons. The van der Waals surface area contributed by atoms with Gasteiger partial charge in [-0.15, -0.1) is 11.8 Å². The number of rotatable bonds is 1. The van der Waals surface area contributed by atoms with Crippen LogP contribution in [0.2, 0.25) is 0 Å². The van der Waals surface area contributed by atoms with Crippen LogP contribution in [0.4, 0.5) is 0 Å². The van der Waals surface area contributed by atoms with Gasteiger partial charge in [0.25, 0.3) is 0 Å². The highest BCUT2D eigenvalue weighted by molar-refractivity contribution is 8.03. The summed E-state index contributed by atoms with van der Waals surface area (Å²) in [6, 6.07) is 0. The molecule has 0 amide bonds. The third-order valence-electron chi connectivity index (χ3n) is 1.41. The zero-order chi connectivity index (χ0) is 6.91. The first-order valence-electron chi connectivity index (χ1n) is 2.95. The largest absolute Gasteiger partial charge is 0.302 e. The molecule has 0 saturated carbocycles. The van der Waals surface area contributed by atoms with Crippen molar-refractivity contribution in [3.05, 3.63) is 11.0 Å². The standard InChI is InChI=1S/C7H10OS/c1-6-3-7(2,4-8)5-9-6/h3-4H,5H2,1-2H3. The van der Waals surface area contributed by atoms with E-state index in [2.05, 4.69) is 0 Å². The molecule has 0 fully saturated rings. The number of aldehydes is 1. The van der Waals surface area contributed by atoms with Crippen molar-refractivity contribution in [2.45, 2.75) is 13.8 Å². The fourth-order valence-electron chi connectivity index (χ4n) is 0.885. The number of thioether (sulfide) groups is 1. The van der Waals surface area contributed by atoms with Crippen molar-refractivity contribution in [1.82, 2.24) is 0 Å². The smallest absolute Gasteiger partial charge is 0.130 e. The summed E-state index contributed by atoms with van der Waals surface area (Å²) in [5.74, 6) is 0.919. The Morgan fingerprint density at radius 3 is 2.78 bits per heavy atom. The Bertz CT molecular complexity index is 162. The van der Waals surface area contributed by atoms with Gasteiger partial charge < -0.3 is 4.79 Å². The van der Waals surface area contributed by atoms with E-state index in [1.165, 1.54) is 4.91 Å². The Morgan fingerprint density at radius 2 is 2.56 bits per heavy atom. The van der Waals surface area contributed by atoms with Crippen LogP contribution in [0.5, 0.6) is 0 Å². The molecule has 1 heterocycles. The van der Waals surface area contributed by atoms with Crippen LogP contribution in [0.15, 0.2) is 11.0 Å². The predicted octanol–water partition coefficient (Wildman–Crippen LogP) is 1.84. The summed E-state index contributed by atoms with van der Waals surface area (Å²) >= 11 is 1.76. The molecule has 50 valence electrons. The fraction of sp³-hybridized carbons (Fsp3) is 0.571. The van der Waals surface area contributed by atoms with Gasteiger partial charge in [-0.2, -0.15) is 0 Å². The Kier molecular flexibility index (Phi) is 1.66. The first-order valence-corrected chi connectivity index (χ1v) is 3.93. The van der Waals surface area contributed by atoms with E-state index in [0.29, 0.717) is 0 Å². The second-order valence-corrected chi connectivity index (χ2v) is 3.89. The van der Waals surface area contributed by atoms with Crippen molar-refractivity contribution in [2.24, 2.45) is 5.41 Å². The van der Waals surface area contributed by atoms with E-state index < -0.39 is 0 Å². The quantitative estimate of drug-likeness (QED) is 0.520. The Hall–Kier alpha value is -0.240. The molecule has 1 atom stereocenters. The lowest BCUT2D eigenvalue weighted by molar-refractivity contribution is -0.112. The van der Waals surface area contributed by atoms with E-state index in [1.54, 1.807) is 11.8 Å². The third-order valence-corrected chi connectivity index (χ3v) is 2.75. The molecular formula is C7H10OS. The fourth-order valence-corrected chi connectivity index (χ4v) is 1.93. The Labute approximate surface area is 59.5 Å². The topological polar surface area (TPSA) is 17.1 Å². The van der Waals surface area contributed by atoms with Crippen molar-refractivity contribution in [2.75, 3.05) is 5.75 Å². The minimum Gasteiger partial charge on any atom is -0.302 e. The number of carbonyl (C=O) groups excluding carboxylic acids is 1. The maximum Gasteiger partial charge on any atom is 0.130 e. The minimum absolute atomic E-state index is 0.172. The Balaban J connectivity index is 2.75. The zero-order valence-electron chi connectivity index (χ0n) is 5.68. The van der Waals surface area contributed by atoms with E-state index in [1.807, 2.05) is 19.9 Å². The summed E-state index contributed by atoms with van der Waals surface area (Å²) in [7, 11) is 0. The maximum atomic E-state index is 10.4. The van der Waals surface area contributed by atoms with E-state index in [9.17, 15) is 4.79 Å². The van der Waals surface area contributed by atoms with Crippen LogP contribution in [-0.4, -0.2) is 12.0 Å². The molecule has 1 nitrogen and oxygen atoms in total. The lowest BCUT2D eigenvalue weighted by Crippen LogP contribution is -2.14. The monoisotopic (exact) mass is 142 g/mol. The van der Waals surface area contributed by atoms with Gasteiger partial charge in [0.2, 0.25) is 0 Å². The van der Waals surface area contributed by atoms with Crippen LogP contribution in [0.25, 0.3) is 0 Å². The molecular weight excluding hydrogens is 132 g/mol. The third kappa shape index (κ3) is 1.36. The van der Waals surface area contributed by atoms with Gasteiger partial charge in [-0.05, 0) is 18.8 Å². The van der Waals surface area contributed by atoms with Crippen molar-refractivity contribution in [3.8, 4) is 0 Å². The first kappa shape index (κ1) is 6.87. The molecule has 1 unspecified atom stereocenters. The molecule has 1 aliphatic heterocycles. The van der Waals surface area contributed by atoms with Gasteiger partial charge in [0.15, 0.2) is 0 Å². The molecule has 0 aromatic rings. The highest BCUT2D eigenvalue weighted by atomic mass is 32.2. The van der Waals surface area contributed by atoms with Crippen LogP contribution >= 0.6 is 11.8 Å². The van der Waals surface area contributed by atoms with Gasteiger partial charge in [0.05, 0.1) is 5.41 Å². The van der Waals surface area contributed by atoms with E-state index in [4.69, 9.17) is 0 Å². The van der Waals surface area contributed by atoms with Crippen LogP contribution in [0.1, 0.15) is 13.8 Å². The number of hydrogen-bond acceptors (Lipinski definition) is 2. The first-order chi connectivity index (χ1) is 4.16. The summed E-state index contributed by atoms with van der Waals surface area (Å²) in [4.78, 5) is 11.7. The van der Waals surface area contributed by atoms with Crippen LogP contribution in [0, 0.1) is 5.41 Å². The average Bonchev–Trinajstić information content (AvgIpc) is 2.13. The second-order valence-electron chi connectivity index (χ2n) is 2.67. The molecule has 0 aromatic heterocycles. The van der Waals surface area contributed by atoms with Gasteiger partial charge in [-0.25, -0.2) is 0 Å². The molecule has 0 aromatic carbocycles. The Morgan fingerprint density at radius 1 is 1.89 bits per heavy atom.